The summed E-state index contributed by atoms with van der Waals surface area (Å²) in [5.41, 5.74) is 0.615. The molecule has 0 aromatic heterocycles. The van der Waals surface area contributed by atoms with E-state index in [0.29, 0.717) is 18.2 Å². The van der Waals surface area contributed by atoms with E-state index in [9.17, 15) is 9.59 Å². The summed E-state index contributed by atoms with van der Waals surface area (Å²) >= 11 is 0. The van der Waals surface area contributed by atoms with Gasteiger partial charge in [-0.3, -0.25) is 9.59 Å². The van der Waals surface area contributed by atoms with Crippen LogP contribution in [0.1, 0.15) is 0 Å². The number of allylic oxidation sites excluding steroid dienone is 1. The summed E-state index contributed by atoms with van der Waals surface area (Å²) in [7, 11) is 0. The predicted octanol–water partition coefficient (Wildman–Crippen LogP) is -1.44. The highest BCUT2D eigenvalue weighted by molar-refractivity contribution is 6.34. The van der Waals surface area contributed by atoms with Gasteiger partial charge in [-0.2, -0.15) is 0 Å². The number of aliphatic imine (C=N–C) groups is 2. The molecule has 0 atom stereocenters. The molecule has 0 spiro atoms. The average molecular weight is 178 g/mol. The van der Waals surface area contributed by atoms with Crippen molar-refractivity contribution >= 4 is 24.2 Å². The molecule has 2 aliphatic rings. The second-order valence-corrected chi connectivity index (χ2v) is 2.46. The number of ketones is 1. The van der Waals surface area contributed by atoms with Crippen LogP contribution >= 0.6 is 0 Å². The van der Waals surface area contributed by atoms with Gasteiger partial charge in [0.1, 0.15) is 17.7 Å². The van der Waals surface area contributed by atoms with Crippen LogP contribution in [-0.2, 0) is 9.59 Å². The first kappa shape index (κ1) is 7.66. The number of fused-ring (bicyclic) bond motifs is 1. The molecular formula is C7H6N4O2. The second-order valence-electron chi connectivity index (χ2n) is 2.46. The zero-order chi connectivity index (χ0) is 9.26. The molecule has 6 heteroatoms. The van der Waals surface area contributed by atoms with Crippen molar-refractivity contribution in [1.82, 2.24) is 10.6 Å². The number of hydrogen-bond acceptors (Lipinski definition) is 6. The summed E-state index contributed by atoms with van der Waals surface area (Å²) < 4.78 is 0. The molecule has 0 amide bonds. The van der Waals surface area contributed by atoms with Crippen molar-refractivity contribution in [1.29, 1.82) is 0 Å². The van der Waals surface area contributed by atoms with Gasteiger partial charge in [0.05, 0.1) is 6.67 Å². The Bertz CT molecular complexity index is 367. The molecule has 0 aliphatic carbocycles. The van der Waals surface area contributed by atoms with Crippen LogP contribution in [0.4, 0.5) is 0 Å². The Morgan fingerprint density at radius 3 is 3.15 bits per heavy atom. The van der Waals surface area contributed by atoms with Crippen LogP contribution < -0.4 is 10.6 Å². The third kappa shape index (κ3) is 1.12. The van der Waals surface area contributed by atoms with Crippen LogP contribution in [0.15, 0.2) is 21.4 Å². The minimum atomic E-state index is -0.608. The molecule has 0 aromatic carbocycles. The van der Waals surface area contributed by atoms with Crippen LogP contribution in [0.25, 0.3) is 0 Å². The molecule has 0 aromatic rings. The van der Waals surface area contributed by atoms with Gasteiger partial charge in [-0.05, 0) is 0 Å². The molecule has 2 rings (SSSR count). The van der Waals surface area contributed by atoms with Crippen LogP contribution in [0.5, 0.6) is 0 Å². The van der Waals surface area contributed by atoms with E-state index in [1.807, 2.05) is 0 Å². The molecule has 13 heavy (non-hydrogen) atoms. The highest BCUT2D eigenvalue weighted by atomic mass is 16.2. The Morgan fingerprint density at radius 1 is 1.54 bits per heavy atom. The van der Waals surface area contributed by atoms with Gasteiger partial charge in [0.25, 0.3) is 0 Å². The van der Waals surface area contributed by atoms with Crippen LogP contribution in [0.2, 0.25) is 0 Å². The van der Waals surface area contributed by atoms with E-state index in [0.717, 1.165) is 0 Å². The van der Waals surface area contributed by atoms with Crippen molar-refractivity contribution in [2.45, 2.75) is 0 Å². The van der Waals surface area contributed by atoms with Crippen LogP contribution in [-0.4, -0.2) is 30.9 Å². The van der Waals surface area contributed by atoms with Crippen molar-refractivity contribution in [2.24, 2.45) is 9.98 Å². The fourth-order valence-corrected chi connectivity index (χ4v) is 1.14. The smallest absolute Gasteiger partial charge is 0.243 e. The Kier molecular flexibility index (Phi) is 1.66. The fourth-order valence-electron chi connectivity index (χ4n) is 1.14. The largest absolute Gasteiger partial charge is 0.363 e. The summed E-state index contributed by atoms with van der Waals surface area (Å²) in [6.45, 7) is 0.376. The number of carbonyl (C=O) groups excluding carboxylic acids is 2. The minimum Gasteiger partial charge on any atom is -0.363 e. The van der Waals surface area contributed by atoms with E-state index < -0.39 is 5.78 Å². The van der Waals surface area contributed by atoms with Gasteiger partial charge >= 0.3 is 0 Å². The number of nitrogens with zero attached hydrogens (tertiary/aromatic N) is 2. The highest BCUT2D eigenvalue weighted by Crippen LogP contribution is 2.12. The van der Waals surface area contributed by atoms with E-state index in [2.05, 4.69) is 20.6 Å². The summed E-state index contributed by atoms with van der Waals surface area (Å²) in [6, 6.07) is 0. The minimum absolute atomic E-state index is 0.209. The van der Waals surface area contributed by atoms with Crippen molar-refractivity contribution in [2.75, 3.05) is 6.67 Å². The van der Waals surface area contributed by atoms with Gasteiger partial charge < -0.3 is 10.6 Å². The molecule has 0 radical (unpaired) electrons. The maximum atomic E-state index is 11.1. The summed E-state index contributed by atoms with van der Waals surface area (Å²) in [5.74, 6) is -0.0767. The first-order chi connectivity index (χ1) is 6.33. The first-order valence-electron chi connectivity index (χ1n) is 3.65. The van der Waals surface area contributed by atoms with Gasteiger partial charge in [-0.1, -0.05) is 0 Å². The van der Waals surface area contributed by atoms with Gasteiger partial charge in [-0.25, -0.2) is 9.98 Å². The van der Waals surface area contributed by atoms with Crippen molar-refractivity contribution in [3.05, 3.63) is 11.4 Å². The van der Waals surface area contributed by atoms with Gasteiger partial charge in [0.2, 0.25) is 5.78 Å². The van der Waals surface area contributed by atoms with Gasteiger partial charge in [0.15, 0.2) is 12.1 Å². The van der Waals surface area contributed by atoms with E-state index in [-0.39, 0.29) is 12.0 Å². The lowest BCUT2D eigenvalue weighted by Gasteiger charge is -2.17. The molecule has 66 valence electrons. The van der Waals surface area contributed by atoms with Crippen molar-refractivity contribution in [3.63, 3.8) is 0 Å². The monoisotopic (exact) mass is 178 g/mol. The molecule has 2 N–H and O–H groups in total. The summed E-state index contributed by atoms with van der Waals surface area (Å²) in [5, 5.41) is 5.61. The third-order valence-electron chi connectivity index (χ3n) is 1.71. The third-order valence-corrected chi connectivity index (χ3v) is 1.71. The van der Waals surface area contributed by atoms with E-state index >= 15 is 0 Å². The lowest BCUT2D eigenvalue weighted by Crippen LogP contribution is -2.42. The molecule has 0 unspecified atom stereocenters. The Hall–Kier alpha value is -1.98. The maximum absolute atomic E-state index is 11.1. The molecule has 2 aliphatic heterocycles. The SMILES string of the molecule is O=CC(=O)C1=C2N=CN=C2NCN1. The summed E-state index contributed by atoms with van der Waals surface area (Å²) in [6.07, 6.45) is 1.59. The maximum Gasteiger partial charge on any atom is 0.243 e. The number of hydrogen-bond donors (Lipinski definition) is 2. The van der Waals surface area contributed by atoms with E-state index in [1.165, 1.54) is 6.34 Å². The molecule has 0 saturated heterocycles. The lowest BCUT2D eigenvalue weighted by molar-refractivity contribution is -0.127. The number of nitrogens with one attached hydrogen (secondary N) is 2. The second kappa shape index (κ2) is 2.81. The Balaban J connectivity index is 2.45. The first-order valence-corrected chi connectivity index (χ1v) is 3.65. The average Bonchev–Trinajstić information content (AvgIpc) is 2.63. The zero-order valence-corrected chi connectivity index (χ0v) is 6.57. The Morgan fingerprint density at radius 2 is 2.38 bits per heavy atom. The number of rotatable bonds is 2. The number of carbonyl (C=O) groups is 2. The molecule has 0 saturated carbocycles. The van der Waals surface area contributed by atoms with Crippen molar-refractivity contribution in [3.8, 4) is 0 Å². The molecular weight excluding hydrogens is 172 g/mol. The Labute approximate surface area is 73.4 Å². The fraction of sp³-hybridized carbons (Fsp3) is 0.143. The lowest BCUT2D eigenvalue weighted by atomic mass is 10.2. The molecule has 6 nitrogen and oxygen atoms in total. The number of aldehydes is 1. The standard InChI is InChI=1S/C7H6N4O2/c12-1-4(13)5-6-7(10-2-8-5)11-3-9-6/h1,3,8H,2H2,(H,9,10,11). The van der Waals surface area contributed by atoms with E-state index in [4.69, 9.17) is 0 Å². The van der Waals surface area contributed by atoms with Crippen molar-refractivity contribution < 1.29 is 9.59 Å². The molecule has 2 heterocycles. The summed E-state index contributed by atoms with van der Waals surface area (Å²) in [4.78, 5) is 29.0. The number of Topliss-reactive ketones (excluding diaryl/α,β-unsaturated/α-hetero) is 1. The number of amidine groups is 1. The van der Waals surface area contributed by atoms with Gasteiger partial charge in [0, 0.05) is 0 Å². The topological polar surface area (TPSA) is 82.9 Å². The normalized spacial score (nSPS) is 18.6. The molecule has 0 bridgehead atoms. The van der Waals surface area contributed by atoms with Crippen LogP contribution in [0.3, 0.4) is 0 Å². The quantitative estimate of drug-likeness (QED) is 0.400. The van der Waals surface area contributed by atoms with Gasteiger partial charge in [-0.15, -0.1) is 0 Å². The van der Waals surface area contributed by atoms with E-state index in [1.54, 1.807) is 0 Å². The predicted molar refractivity (Wildman–Crippen MR) is 45.2 cm³/mol. The van der Waals surface area contributed by atoms with Crippen LogP contribution in [0, 0.1) is 0 Å². The highest BCUT2D eigenvalue weighted by Gasteiger charge is 2.24. The zero-order valence-electron chi connectivity index (χ0n) is 6.57. The molecule has 0 fully saturated rings.